The maximum atomic E-state index is 14.8. The number of fused-ring (bicyclic) bond motifs is 7. The lowest BCUT2D eigenvalue weighted by molar-refractivity contribution is -0.132. The molecule has 4 atom stereocenters. The van der Waals surface area contributed by atoms with Crippen LogP contribution in [0.4, 0.5) is 24.5 Å². The number of aromatic nitrogens is 1. The molecule has 3 saturated heterocycles. The van der Waals surface area contributed by atoms with E-state index in [1.165, 1.54) is 4.90 Å². The Kier molecular flexibility index (Phi) is 7.93. The molecule has 1 aromatic carbocycles. The fourth-order valence-electron chi connectivity index (χ4n) is 9.24. The van der Waals surface area contributed by atoms with Gasteiger partial charge in [-0.2, -0.15) is 5.26 Å². The number of benzene rings is 1. The Bertz CT molecular complexity index is 1700. The van der Waals surface area contributed by atoms with E-state index in [9.17, 15) is 23.2 Å². The van der Waals surface area contributed by atoms with Crippen LogP contribution in [0.5, 0.6) is 11.6 Å². The summed E-state index contributed by atoms with van der Waals surface area (Å²) in [6.07, 6.45) is 5.70. The number of carbonyl (C=O) groups is 1. The van der Waals surface area contributed by atoms with Crippen molar-refractivity contribution in [2.75, 3.05) is 55.7 Å². The molecule has 48 heavy (non-hydrogen) atoms. The number of hydrogen-bond acceptors (Lipinski definition) is 8. The highest BCUT2D eigenvalue weighted by Gasteiger charge is 2.50. The lowest BCUT2D eigenvalue weighted by Gasteiger charge is -2.50. The third-order valence-electron chi connectivity index (χ3n) is 11.5. The molecule has 5 aliphatic heterocycles. The highest BCUT2D eigenvalue weighted by atomic mass is 19.1. The van der Waals surface area contributed by atoms with E-state index in [-0.39, 0.29) is 37.0 Å². The Balaban J connectivity index is 1.18. The molecule has 6 heterocycles. The van der Waals surface area contributed by atoms with Crippen LogP contribution in [-0.2, 0) is 30.6 Å². The van der Waals surface area contributed by atoms with Crippen molar-refractivity contribution in [2.45, 2.75) is 88.1 Å². The molecular formula is C36H41F3N6O3. The zero-order valence-corrected chi connectivity index (χ0v) is 27.2. The van der Waals surface area contributed by atoms with E-state index in [0.717, 1.165) is 78.8 Å². The zero-order valence-electron chi connectivity index (χ0n) is 27.2. The van der Waals surface area contributed by atoms with Gasteiger partial charge in [-0.3, -0.25) is 9.69 Å². The van der Waals surface area contributed by atoms with Gasteiger partial charge in [-0.1, -0.05) is 6.58 Å². The first-order chi connectivity index (χ1) is 23.3. The lowest BCUT2D eigenvalue weighted by atomic mass is 9.89. The molecule has 2 aromatic rings. The molecule has 0 spiro atoms. The summed E-state index contributed by atoms with van der Waals surface area (Å²) < 4.78 is 56.6. The summed E-state index contributed by atoms with van der Waals surface area (Å²) in [6, 6.07) is 4.83. The van der Waals surface area contributed by atoms with E-state index in [4.69, 9.17) is 14.5 Å². The predicted octanol–water partition coefficient (Wildman–Crippen LogP) is 4.79. The molecule has 1 aliphatic carbocycles. The van der Waals surface area contributed by atoms with E-state index in [1.54, 1.807) is 6.07 Å². The second-order valence-corrected chi connectivity index (χ2v) is 14.3. The van der Waals surface area contributed by atoms with Gasteiger partial charge in [0.1, 0.15) is 25.2 Å². The summed E-state index contributed by atoms with van der Waals surface area (Å²) in [5, 5.41) is 9.65. The van der Waals surface area contributed by atoms with Crippen LogP contribution in [-0.4, -0.2) is 90.4 Å². The van der Waals surface area contributed by atoms with Crippen molar-refractivity contribution in [3.63, 3.8) is 0 Å². The number of hydrogen-bond donors (Lipinski definition) is 0. The van der Waals surface area contributed by atoms with Gasteiger partial charge >= 0.3 is 0 Å². The molecule has 254 valence electrons. The van der Waals surface area contributed by atoms with Crippen LogP contribution >= 0.6 is 0 Å². The Morgan fingerprint density at radius 1 is 1.12 bits per heavy atom. The molecule has 0 bridgehead atoms. The van der Waals surface area contributed by atoms with Crippen LogP contribution in [0.15, 0.2) is 24.5 Å². The number of nitrogens with zero attached hydrogens (tertiary/aromatic N) is 6. The maximum Gasteiger partial charge on any atom is 0.282 e. The first-order valence-corrected chi connectivity index (χ1v) is 17.3. The summed E-state index contributed by atoms with van der Waals surface area (Å²) in [7, 11) is 0. The number of carbonyl (C=O) groups excluding carboxylic acids is 1. The molecule has 2 unspecified atom stereocenters. The van der Waals surface area contributed by atoms with Crippen LogP contribution in [0, 0.1) is 17.1 Å². The highest BCUT2D eigenvalue weighted by molar-refractivity contribution is 5.91. The smallest absolute Gasteiger partial charge is 0.282 e. The van der Waals surface area contributed by atoms with Crippen molar-refractivity contribution in [2.24, 2.45) is 0 Å². The Hall–Kier alpha value is -3.98. The Labute approximate surface area is 278 Å². The molecule has 12 heteroatoms. The maximum absolute atomic E-state index is 14.8. The molecular weight excluding hydrogens is 621 g/mol. The number of nitriles is 1. The second kappa shape index (κ2) is 12.2. The standard InChI is InChI=1S/C36H41F3N6O3/c1-22(37)35(46)45-18-25-20-47-33-32(44(25)17-24(45)9-12-40)28-10-14-42(31-8-7-29(39)26-5-2-3-6-27(26)31)19-30(28)41-34(33)48-21-36-11-4-13-43(36)16-23(38)15-36/h7-8,23-25H,1-6,9-11,13-21H2/t23-,24+,25?,36?/m1/s1. The van der Waals surface area contributed by atoms with Crippen LogP contribution in [0.2, 0.25) is 0 Å². The van der Waals surface area contributed by atoms with Gasteiger partial charge in [0.2, 0.25) is 5.75 Å². The topological polar surface area (TPSA) is 85.2 Å². The van der Waals surface area contributed by atoms with E-state index >= 15 is 0 Å². The first-order valence-electron chi connectivity index (χ1n) is 17.3. The Morgan fingerprint density at radius 2 is 1.96 bits per heavy atom. The van der Waals surface area contributed by atoms with Gasteiger partial charge in [0, 0.05) is 43.9 Å². The van der Waals surface area contributed by atoms with Gasteiger partial charge in [-0.05, 0) is 74.8 Å². The fourth-order valence-corrected chi connectivity index (χ4v) is 9.24. The summed E-state index contributed by atoms with van der Waals surface area (Å²) >= 11 is 0. The van der Waals surface area contributed by atoms with Gasteiger partial charge in [-0.25, -0.2) is 18.2 Å². The summed E-state index contributed by atoms with van der Waals surface area (Å²) in [5.74, 6) is -1.10. The van der Waals surface area contributed by atoms with Crippen molar-refractivity contribution >= 4 is 17.3 Å². The monoisotopic (exact) mass is 662 g/mol. The molecule has 0 N–H and O–H groups in total. The molecule has 0 saturated carbocycles. The van der Waals surface area contributed by atoms with E-state index in [2.05, 4.69) is 27.3 Å². The fraction of sp³-hybridized carbons (Fsp3) is 0.583. The molecule has 3 fully saturated rings. The molecule has 9 nitrogen and oxygen atoms in total. The summed E-state index contributed by atoms with van der Waals surface area (Å²) in [5.41, 5.74) is 5.26. The largest absolute Gasteiger partial charge is 0.484 e. The molecule has 1 aromatic heterocycles. The van der Waals surface area contributed by atoms with E-state index in [1.807, 2.05) is 6.07 Å². The molecule has 0 radical (unpaired) electrons. The number of halogens is 3. The number of pyridine rings is 1. The van der Waals surface area contributed by atoms with Gasteiger partial charge in [-0.15, -0.1) is 0 Å². The minimum absolute atomic E-state index is 0.0429. The highest BCUT2D eigenvalue weighted by Crippen LogP contribution is 2.49. The van der Waals surface area contributed by atoms with Crippen LogP contribution in [0.3, 0.4) is 0 Å². The normalized spacial score (nSPS) is 27.6. The minimum Gasteiger partial charge on any atom is -0.484 e. The SMILES string of the molecule is C=C(F)C(=O)N1CC2COc3c(OCC45CCCN4C[C@H](F)C5)nc4c(c3N2C[C@@H]1CC#N)CCN(c1ccc(F)c2c1CCCC2)C4. The molecule has 6 aliphatic rings. The Morgan fingerprint density at radius 3 is 2.77 bits per heavy atom. The number of piperazine rings is 1. The van der Waals surface area contributed by atoms with Gasteiger partial charge in [0.05, 0.1) is 48.0 Å². The van der Waals surface area contributed by atoms with E-state index in [0.29, 0.717) is 57.3 Å². The van der Waals surface area contributed by atoms with Crippen molar-refractivity contribution < 1.29 is 27.4 Å². The third kappa shape index (κ3) is 5.16. The number of anilines is 2. The second-order valence-electron chi connectivity index (χ2n) is 14.3. The van der Waals surface area contributed by atoms with Crippen molar-refractivity contribution in [3.05, 3.63) is 52.7 Å². The quantitative estimate of drug-likeness (QED) is 0.409. The number of alkyl halides is 1. The van der Waals surface area contributed by atoms with Crippen molar-refractivity contribution in [3.8, 4) is 17.7 Å². The first kappa shape index (κ1) is 31.3. The molecule has 1 amide bonds. The van der Waals surface area contributed by atoms with E-state index < -0.39 is 23.9 Å². The lowest BCUT2D eigenvalue weighted by Crippen LogP contribution is -2.63. The zero-order chi connectivity index (χ0) is 33.2. The summed E-state index contributed by atoms with van der Waals surface area (Å²) in [4.78, 5) is 26.0. The van der Waals surface area contributed by atoms with Gasteiger partial charge in [0.15, 0.2) is 5.83 Å². The number of ether oxygens (including phenoxy) is 2. The van der Waals surface area contributed by atoms with Crippen LogP contribution in [0.25, 0.3) is 0 Å². The van der Waals surface area contributed by atoms with Crippen LogP contribution < -0.4 is 19.3 Å². The van der Waals surface area contributed by atoms with Gasteiger partial charge < -0.3 is 24.2 Å². The van der Waals surface area contributed by atoms with Crippen molar-refractivity contribution in [1.82, 2.24) is 14.8 Å². The minimum atomic E-state index is -1.05. The predicted molar refractivity (Wildman–Crippen MR) is 173 cm³/mol. The summed E-state index contributed by atoms with van der Waals surface area (Å²) in [6.45, 7) is 6.70. The van der Waals surface area contributed by atoms with Crippen LogP contribution in [0.1, 0.15) is 60.9 Å². The van der Waals surface area contributed by atoms with Gasteiger partial charge in [0.25, 0.3) is 11.8 Å². The van der Waals surface area contributed by atoms with Crippen molar-refractivity contribution in [1.29, 1.82) is 5.26 Å². The average Bonchev–Trinajstić information content (AvgIpc) is 3.62. The third-order valence-corrected chi connectivity index (χ3v) is 11.5. The number of amides is 1. The molecule has 8 rings (SSSR count). The average molecular weight is 663 g/mol. The number of rotatable bonds is 6.